The number of nitriles is 1. The molecule has 1 N–H and O–H groups in total. The lowest BCUT2D eigenvalue weighted by Gasteiger charge is -2.15. The first kappa shape index (κ1) is 14.9. The van der Waals surface area contributed by atoms with Crippen molar-refractivity contribution in [2.24, 2.45) is 0 Å². The van der Waals surface area contributed by atoms with Crippen LogP contribution in [0.15, 0.2) is 42.5 Å². The van der Waals surface area contributed by atoms with Crippen molar-refractivity contribution in [1.29, 1.82) is 5.26 Å². The number of aliphatic hydroxyl groups is 1. The minimum Gasteiger partial charge on any atom is -0.497 e. The van der Waals surface area contributed by atoms with Gasteiger partial charge in [0, 0.05) is 17.2 Å². The Morgan fingerprint density at radius 3 is 2.67 bits per heavy atom. The number of ether oxygens (including phenoxy) is 2. The molecular formula is C17H17NO3. The molecule has 4 nitrogen and oxygen atoms in total. The molecule has 4 heteroatoms. The van der Waals surface area contributed by atoms with Crippen molar-refractivity contribution in [2.75, 3.05) is 7.11 Å². The summed E-state index contributed by atoms with van der Waals surface area (Å²) in [7, 11) is 1.58. The molecule has 2 aromatic carbocycles. The molecule has 0 aliphatic rings. The monoisotopic (exact) mass is 283 g/mol. The van der Waals surface area contributed by atoms with Gasteiger partial charge in [-0.05, 0) is 25.1 Å². The third kappa shape index (κ3) is 3.53. The van der Waals surface area contributed by atoms with Crippen LogP contribution in [0.3, 0.4) is 0 Å². The third-order valence-electron chi connectivity index (χ3n) is 3.19. The van der Waals surface area contributed by atoms with Crippen LogP contribution in [0.1, 0.15) is 29.7 Å². The maximum atomic E-state index is 9.79. The SMILES string of the molecule is COc1ccc(C(C)O)c(OCc2ccccc2C#N)c1. The third-order valence-corrected chi connectivity index (χ3v) is 3.19. The Morgan fingerprint density at radius 2 is 2.00 bits per heavy atom. The van der Waals surface area contributed by atoms with Crippen LogP contribution in [0.25, 0.3) is 0 Å². The van der Waals surface area contributed by atoms with E-state index in [1.165, 1.54) is 0 Å². The summed E-state index contributed by atoms with van der Waals surface area (Å²) in [5.74, 6) is 1.21. The Labute approximate surface area is 124 Å². The van der Waals surface area contributed by atoms with E-state index in [4.69, 9.17) is 14.7 Å². The summed E-state index contributed by atoms with van der Waals surface area (Å²) in [6.45, 7) is 1.94. The zero-order chi connectivity index (χ0) is 15.2. The molecule has 1 atom stereocenters. The summed E-state index contributed by atoms with van der Waals surface area (Å²) in [5.41, 5.74) is 2.07. The van der Waals surface area contributed by atoms with Gasteiger partial charge in [-0.1, -0.05) is 18.2 Å². The molecule has 0 heterocycles. The van der Waals surface area contributed by atoms with E-state index >= 15 is 0 Å². The van der Waals surface area contributed by atoms with Crippen LogP contribution in [-0.4, -0.2) is 12.2 Å². The topological polar surface area (TPSA) is 62.5 Å². The number of hydrogen-bond donors (Lipinski definition) is 1. The van der Waals surface area contributed by atoms with Gasteiger partial charge >= 0.3 is 0 Å². The fourth-order valence-corrected chi connectivity index (χ4v) is 2.02. The Bertz CT molecular complexity index is 659. The Balaban J connectivity index is 2.25. The largest absolute Gasteiger partial charge is 0.497 e. The molecule has 1 unspecified atom stereocenters. The van der Waals surface area contributed by atoms with Gasteiger partial charge < -0.3 is 14.6 Å². The lowest BCUT2D eigenvalue weighted by molar-refractivity contribution is 0.190. The molecule has 0 saturated carbocycles. The van der Waals surface area contributed by atoms with Crippen molar-refractivity contribution in [3.05, 3.63) is 59.2 Å². The van der Waals surface area contributed by atoms with E-state index in [9.17, 15) is 5.11 Å². The zero-order valence-electron chi connectivity index (χ0n) is 12.0. The molecule has 0 amide bonds. The average Bonchev–Trinajstić information content (AvgIpc) is 2.52. The molecule has 108 valence electrons. The smallest absolute Gasteiger partial charge is 0.129 e. The Hall–Kier alpha value is -2.51. The zero-order valence-corrected chi connectivity index (χ0v) is 12.0. The van der Waals surface area contributed by atoms with Crippen molar-refractivity contribution < 1.29 is 14.6 Å². The first-order valence-electron chi connectivity index (χ1n) is 6.62. The number of hydrogen-bond acceptors (Lipinski definition) is 4. The highest BCUT2D eigenvalue weighted by atomic mass is 16.5. The molecule has 0 spiro atoms. The van der Waals surface area contributed by atoms with E-state index in [0.717, 1.165) is 5.56 Å². The molecule has 2 rings (SSSR count). The lowest BCUT2D eigenvalue weighted by atomic mass is 10.1. The number of methoxy groups -OCH3 is 1. The number of rotatable bonds is 5. The number of nitrogens with zero attached hydrogens (tertiary/aromatic N) is 1. The highest BCUT2D eigenvalue weighted by Crippen LogP contribution is 2.30. The van der Waals surface area contributed by atoms with Crippen molar-refractivity contribution in [3.63, 3.8) is 0 Å². The standard InChI is InChI=1S/C17H17NO3/c1-12(19)16-8-7-15(20-2)9-17(16)21-11-14-6-4-3-5-13(14)10-18/h3-9,12,19H,11H2,1-2H3. The summed E-state index contributed by atoms with van der Waals surface area (Å²) in [5, 5.41) is 18.9. The molecule has 0 radical (unpaired) electrons. The van der Waals surface area contributed by atoms with E-state index in [2.05, 4.69) is 6.07 Å². The molecular weight excluding hydrogens is 266 g/mol. The highest BCUT2D eigenvalue weighted by Gasteiger charge is 2.11. The minimum absolute atomic E-state index is 0.261. The predicted octanol–water partition coefficient (Wildman–Crippen LogP) is 3.20. The minimum atomic E-state index is -0.642. The van der Waals surface area contributed by atoms with Gasteiger partial charge in [0.15, 0.2) is 0 Å². The Kier molecular flexibility index (Phi) is 4.81. The first-order chi connectivity index (χ1) is 10.2. The maximum Gasteiger partial charge on any atom is 0.129 e. The van der Waals surface area contributed by atoms with Crippen LogP contribution in [-0.2, 0) is 6.61 Å². The normalized spacial score (nSPS) is 11.5. The summed E-state index contributed by atoms with van der Waals surface area (Å²) in [4.78, 5) is 0. The molecule has 0 aromatic heterocycles. The van der Waals surface area contributed by atoms with Gasteiger partial charge in [-0.3, -0.25) is 0 Å². The summed E-state index contributed by atoms with van der Waals surface area (Å²) >= 11 is 0. The molecule has 21 heavy (non-hydrogen) atoms. The molecule has 2 aromatic rings. The van der Waals surface area contributed by atoms with Crippen LogP contribution in [0.2, 0.25) is 0 Å². The quantitative estimate of drug-likeness (QED) is 0.915. The molecule has 0 aliphatic heterocycles. The lowest BCUT2D eigenvalue weighted by Crippen LogP contribution is -2.03. The average molecular weight is 283 g/mol. The Morgan fingerprint density at radius 1 is 1.24 bits per heavy atom. The second-order valence-electron chi connectivity index (χ2n) is 4.64. The summed E-state index contributed by atoms with van der Waals surface area (Å²) in [6, 6.07) is 14.7. The molecule has 0 fully saturated rings. The van der Waals surface area contributed by atoms with Crippen LogP contribution >= 0.6 is 0 Å². The van der Waals surface area contributed by atoms with E-state index < -0.39 is 6.10 Å². The van der Waals surface area contributed by atoms with Gasteiger partial charge in [-0.15, -0.1) is 0 Å². The van der Waals surface area contributed by atoms with E-state index in [-0.39, 0.29) is 6.61 Å². The van der Waals surface area contributed by atoms with Gasteiger partial charge in [0.1, 0.15) is 18.1 Å². The van der Waals surface area contributed by atoms with Gasteiger partial charge in [-0.2, -0.15) is 5.26 Å². The van der Waals surface area contributed by atoms with Crippen LogP contribution in [0.5, 0.6) is 11.5 Å². The number of aliphatic hydroxyl groups excluding tert-OH is 1. The van der Waals surface area contributed by atoms with Crippen molar-refractivity contribution in [1.82, 2.24) is 0 Å². The van der Waals surface area contributed by atoms with Crippen molar-refractivity contribution >= 4 is 0 Å². The molecule has 0 saturated heterocycles. The van der Waals surface area contributed by atoms with Crippen molar-refractivity contribution in [2.45, 2.75) is 19.6 Å². The van der Waals surface area contributed by atoms with E-state index in [0.29, 0.717) is 22.6 Å². The predicted molar refractivity (Wildman–Crippen MR) is 79.1 cm³/mol. The molecule has 0 aliphatic carbocycles. The summed E-state index contributed by atoms with van der Waals surface area (Å²) < 4.78 is 11.0. The second kappa shape index (κ2) is 6.78. The molecule has 0 bridgehead atoms. The highest BCUT2D eigenvalue weighted by molar-refractivity contribution is 5.42. The van der Waals surface area contributed by atoms with Crippen LogP contribution in [0, 0.1) is 11.3 Å². The van der Waals surface area contributed by atoms with Gasteiger partial charge in [0.05, 0.1) is 24.8 Å². The number of benzene rings is 2. The van der Waals surface area contributed by atoms with E-state index in [1.54, 1.807) is 38.3 Å². The van der Waals surface area contributed by atoms with Gasteiger partial charge in [-0.25, -0.2) is 0 Å². The second-order valence-corrected chi connectivity index (χ2v) is 4.64. The van der Waals surface area contributed by atoms with Crippen LogP contribution < -0.4 is 9.47 Å². The van der Waals surface area contributed by atoms with E-state index in [1.807, 2.05) is 18.2 Å². The fraction of sp³-hybridized carbons (Fsp3) is 0.235. The van der Waals surface area contributed by atoms with Gasteiger partial charge in [0.25, 0.3) is 0 Å². The maximum absolute atomic E-state index is 9.79. The first-order valence-corrected chi connectivity index (χ1v) is 6.62. The fourth-order valence-electron chi connectivity index (χ4n) is 2.02. The summed E-state index contributed by atoms with van der Waals surface area (Å²) in [6.07, 6.45) is -0.642. The van der Waals surface area contributed by atoms with Gasteiger partial charge in [0.2, 0.25) is 0 Å². The van der Waals surface area contributed by atoms with Crippen LogP contribution in [0.4, 0.5) is 0 Å². The van der Waals surface area contributed by atoms with Crippen molar-refractivity contribution in [3.8, 4) is 17.6 Å².